The number of carbonyl (C=O) groups excluding carboxylic acids is 1. The van der Waals surface area contributed by atoms with Gasteiger partial charge in [0.2, 0.25) is 0 Å². The molecule has 4 N–H and O–H groups in total. The molecule has 104 valence electrons. The van der Waals surface area contributed by atoms with Crippen LogP contribution in [0.5, 0.6) is 0 Å². The summed E-state index contributed by atoms with van der Waals surface area (Å²) >= 11 is 0. The molecule has 1 aliphatic rings. The third kappa shape index (κ3) is 3.63. The molecule has 4 heteroatoms. The number of hydrogen-bond acceptors (Lipinski definition) is 2. The summed E-state index contributed by atoms with van der Waals surface area (Å²) in [7, 11) is 0. The van der Waals surface area contributed by atoms with E-state index in [1.165, 1.54) is 19.3 Å². The zero-order chi connectivity index (χ0) is 13.8. The number of rotatable bonds is 3. The molecule has 2 unspecified atom stereocenters. The third-order valence-electron chi connectivity index (χ3n) is 4.03. The van der Waals surface area contributed by atoms with E-state index in [9.17, 15) is 4.79 Å². The van der Waals surface area contributed by atoms with Crippen LogP contribution in [-0.4, -0.2) is 12.1 Å². The zero-order valence-corrected chi connectivity index (χ0v) is 11.6. The lowest BCUT2D eigenvalue weighted by atomic mass is 9.78. The summed E-state index contributed by atoms with van der Waals surface area (Å²) in [5, 5.41) is 6.18. The van der Waals surface area contributed by atoms with Crippen molar-refractivity contribution in [2.45, 2.75) is 39.2 Å². The fourth-order valence-electron chi connectivity index (χ4n) is 2.95. The number of hydrogen-bond donors (Lipinski definition) is 3. The van der Waals surface area contributed by atoms with Gasteiger partial charge in [0, 0.05) is 17.4 Å². The van der Waals surface area contributed by atoms with Crippen molar-refractivity contribution in [3.8, 4) is 0 Å². The van der Waals surface area contributed by atoms with Crippen molar-refractivity contribution in [2.75, 3.05) is 10.6 Å². The summed E-state index contributed by atoms with van der Waals surface area (Å²) < 4.78 is 0. The van der Waals surface area contributed by atoms with E-state index in [2.05, 4.69) is 24.5 Å². The Bertz CT molecular complexity index is 420. The van der Waals surface area contributed by atoms with Crippen LogP contribution in [0.1, 0.15) is 33.1 Å². The number of anilines is 2. The molecule has 0 heterocycles. The van der Waals surface area contributed by atoms with Crippen molar-refractivity contribution in [1.29, 1.82) is 0 Å². The molecular formula is C15H23N3O. The van der Waals surface area contributed by atoms with Crippen LogP contribution in [0.4, 0.5) is 16.2 Å². The summed E-state index contributed by atoms with van der Waals surface area (Å²) in [6, 6.07) is 7.70. The van der Waals surface area contributed by atoms with E-state index in [4.69, 9.17) is 5.73 Å². The standard InChI is InChI=1S/C15H23N3O/c1-10-4-3-5-11(2)14(10)17-12-6-8-13(9-7-12)18-15(16)19/h6-11,14,17H,3-5H2,1-2H3,(H3,16,18,19). The van der Waals surface area contributed by atoms with Gasteiger partial charge in [-0.3, -0.25) is 0 Å². The summed E-state index contributed by atoms with van der Waals surface area (Å²) in [5.41, 5.74) is 6.91. The lowest BCUT2D eigenvalue weighted by Gasteiger charge is -2.35. The van der Waals surface area contributed by atoms with E-state index in [0.29, 0.717) is 17.9 Å². The maximum atomic E-state index is 10.8. The molecule has 0 radical (unpaired) electrons. The normalized spacial score (nSPS) is 26.7. The highest BCUT2D eigenvalue weighted by molar-refractivity contribution is 5.87. The van der Waals surface area contributed by atoms with Crippen LogP contribution in [0.15, 0.2) is 24.3 Å². The number of carbonyl (C=O) groups is 1. The molecule has 1 aromatic carbocycles. The minimum absolute atomic E-state index is 0.531. The molecule has 19 heavy (non-hydrogen) atoms. The molecule has 0 aliphatic heterocycles. The number of primary amides is 1. The van der Waals surface area contributed by atoms with Gasteiger partial charge in [-0.25, -0.2) is 4.79 Å². The van der Waals surface area contributed by atoms with Crippen molar-refractivity contribution >= 4 is 17.4 Å². The molecule has 2 rings (SSSR count). The van der Waals surface area contributed by atoms with Crippen LogP contribution in [0.2, 0.25) is 0 Å². The Morgan fingerprint density at radius 1 is 1.11 bits per heavy atom. The highest BCUT2D eigenvalue weighted by Crippen LogP contribution is 2.31. The number of nitrogens with two attached hydrogens (primary N) is 1. The molecule has 2 amide bonds. The lowest BCUT2D eigenvalue weighted by molar-refractivity contribution is 0.259. The van der Waals surface area contributed by atoms with Crippen LogP contribution in [-0.2, 0) is 0 Å². The van der Waals surface area contributed by atoms with Crippen LogP contribution < -0.4 is 16.4 Å². The molecule has 4 nitrogen and oxygen atoms in total. The van der Waals surface area contributed by atoms with E-state index < -0.39 is 6.03 Å². The van der Waals surface area contributed by atoms with E-state index >= 15 is 0 Å². The minimum Gasteiger partial charge on any atom is -0.382 e. The smallest absolute Gasteiger partial charge is 0.316 e. The molecule has 1 saturated carbocycles. The molecule has 0 spiro atoms. The maximum absolute atomic E-state index is 10.8. The monoisotopic (exact) mass is 261 g/mol. The average molecular weight is 261 g/mol. The van der Waals surface area contributed by atoms with E-state index in [1.807, 2.05) is 24.3 Å². The molecule has 2 atom stereocenters. The summed E-state index contributed by atoms with van der Waals surface area (Å²) in [4.78, 5) is 10.8. The predicted molar refractivity (Wildman–Crippen MR) is 79.2 cm³/mol. The Morgan fingerprint density at radius 3 is 2.16 bits per heavy atom. The lowest BCUT2D eigenvalue weighted by Crippen LogP contribution is -2.37. The van der Waals surface area contributed by atoms with Gasteiger partial charge in [-0.05, 0) is 48.9 Å². The highest BCUT2D eigenvalue weighted by Gasteiger charge is 2.27. The van der Waals surface area contributed by atoms with Gasteiger partial charge < -0.3 is 16.4 Å². The Balaban J connectivity index is 2.00. The van der Waals surface area contributed by atoms with Crippen molar-refractivity contribution < 1.29 is 4.79 Å². The molecular weight excluding hydrogens is 238 g/mol. The fourth-order valence-corrected chi connectivity index (χ4v) is 2.95. The van der Waals surface area contributed by atoms with E-state index in [0.717, 1.165) is 11.4 Å². The molecule has 0 aromatic heterocycles. The summed E-state index contributed by atoms with van der Waals surface area (Å²) in [5.74, 6) is 1.40. The highest BCUT2D eigenvalue weighted by atomic mass is 16.2. The van der Waals surface area contributed by atoms with Gasteiger partial charge in [0.05, 0.1) is 0 Å². The second-order valence-electron chi connectivity index (χ2n) is 5.62. The summed E-state index contributed by atoms with van der Waals surface area (Å²) in [6.07, 6.45) is 3.93. The first kappa shape index (κ1) is 13.7. The van der Waals surface area contributed by atoms with Gasteiger partial charge in [-0.15, -0.1) is 0 Å². The molecule has 1 fully saturated rings. The SMILES string of the molecule is CC1CCCC(C)C1Nc1ccc(NC(N)=O)cc1. The summed E-state index contributed by atoms with van der Waals surface area (Å²) in [6.45, 7) is 4.63. The largest absolute Gasteiger partial charge is 0.382 e. The van der Waals surface area contributed by atoms with Crippen LogP contribution >= 0.6 is 0 Å². The second-order valence-corrected chi connectivity index (χ2v) is 5.62. The molecule has 1 aromatic rings. The third-order valence-corrected chi connectivity index (χ3v) is 4.03. The number of amides is 2. The first-order valence-electron chi connectivity index (χ1n) is 6.99. The molecule has 0 saturated heterocycles. The van der Waals surface area contributed by atoms with Gasteiger partial charge in [-0.2, -0.15) is 0 Å². The van der Waals surface area contributed by atoms with Crippen molar-refractivity contribution in [3.63, 3.8) is 0 Å². The van der Waals surface area contributed by atoms with Gasteiger partial charge in [-0.1, -0.05) is 20.3 Å². The predicted octanol–water partition coefficient (Wildman–Crippen LogP) is 3.41. The first-order valence-corrected chi connectivity index (χ1v) is 6.99. The van der Waals surface area contributed by atoms with Gasteiger partial charge in [0.25, 0.3) is 0 Å². The number of benzene rings is 1. The van der Waals surface area contributed by atoms with Crippen LogP contribution in [0.25, 0.3) is 0 Å². The second kappa shape index (κ2) is 5.95. The zero-order valence-electron chi connectivity index (χ0n) is 11.6. The fraction of sp³-hybridized carbons (Fsp3) is 0.533. The van der Waals surface area contributed by atoms with E-state index in [-0.39, 0.29) is 0 Å². The van der Waals surface area contributed by atoms with Gasteiger partial charge in [0.15, 0.2) is 0 Å². The number of urea groups is 1. The van der Waals surface area contributed by atoms with Crippen LogP contribution in [0.3, 0.4) is 0 Å². The van der Waals surface area contributed by atoms with Crippen LogP contribution in [0, 0.1) is 11.8 Å². The average Bonchev–Trinajstić information content (AvgIpc) is 2.35. The molecule has 0 bridgehead atoms. The Labute approximate surface area is 114 Å². The Kier molecular flexibility index (Phi) is 4.30. The maximum Gasteiger partial charge on any atom is 0.316 e. The van der Waals surface area contributed by atoms with E-state index in [1.54, 1.807) is 0 Å². The number of nitrogens with one attached hydrogen (secondary N) is 2. The first-order chi connectivity index (χ1) is 9.06. The van der Waals surface area contributed by atoms with Crippen molar-refractivity contribution in [3.05, 3.63) is 24.3 Å². The quantitative estimate of drug-likeness (QED) is 0.780. The Hall–Kier alpha value is -1.71. The molecule has 1 aliphatic carbocycles. The van der Waals surface area contributed by atoms with Gasteiger partial charge >= 0.3 is 6.03 Å². The Morgan fingerprint density at radius 2 is 1.63 bits per heavy atom. The minimum atomic E-state index is -0.532. The van der Waals surface area contributed by atoms with Gasteiger partial charge in [0.1, 0.15) is 0 Å². The van der Waals surface area contributed by atoms with Crippen molar-refractivity contribution in [1.82, 2.24) is 0 Å². The van der Waals surface area contributed by atoms with Crippen molar-refractivity contribution in [2.24, 2.45) is 17.6 Å². The topological polar surface area (TPSA) is 67.2 Å².